The van der Waals surface area contributed by atoms with E-state index in [2.05, 4.69) is 20.2 Å². The van der Waals surface area contributed by atoms with Crippen LogP contribution in [0.2, 0.25) is 0 Å². The van der Waals surface area contributed by atoms with E-state index in [4.69, 9.17) is 0 Å². The first-order valence-electron chi connectivity index (χ1n) is 15.0. The van der Waals surface area contributed by atoms with Crippen molar-refractivity contribution in [2.45, 2.75) is 13.1 Å². The second kappa shape index (κ2) is 19.4. The van der Waals surface area contributed by atoms with Gasteiger partial charge in [-0.25, -0.2) is 0 Å². The average Bonchev–Trinajstić information content (AvgIpc) is 2.98. The van der Waals surface area contributed by atoms with Crippen LogP contribution in [0, 0.1) is 0 Å². The van der Waals surface area contributed by atoms with Gasteiger partial charge in [-0.15, -0.1) is 0 Å². The highest BCUT2D eigenvalue weighted by atomic mass is 16.4. The Bertz CT molecular complexity index is 1130. The molecule has 1 aliphatic rings. The number of carbonyl (C=O) groups excluding carboxylic acids is 1. The van der Waals surface area contributed by atoms with Gasteiger partial charge < -0.3 is 20.6 Å². The van der Waals surface area contributed by atoms with Crippen molar-refractivity contribution in [2.24, 2.45) is 0 Å². The molecule has 2 aromatic heterocycles. The van der Waals surface area contributed by atoms with Crippen LogP contribution in [-0.4, -0.2) is 165 Å². The number of nitrogens with one attached hydrogen (secondary N) is 1. The van der Waals surface area contributed by atoms with Crippen LogP contribution in [0.5, 0.6) is 0 Å². The summed E-state index contributed by atoms with van der Waals surface area (Å²) in [6, 6.07) is 11.5. The molecule has 1 aliphatic heterocycles. The third-order valence-corrected chi connectivity index (χ3v) is 7.35. The minimum Gasteiger partial charge on any atom is -0.480 e. The molecule has 1 saturated heterocycles. The van der Waals surface area contributed by atoms with Gasteiger partial charge in [-0.1, -0.05) is 12.1 Å². The highest BCUT2D eigenvalue weighted by Gasteiger charge is 2.21. The van der Waals surface area contributed by atoms with Gasteiger partial charge in [0.15, 0.2) is 0 Å². The number of aromatic nitrogens is 2. The number of hydrogen-bond acceptors (Lipinski definition) is 11. The summed E-state index contributed by atoms with van der Waals surface area (Å²) >= 11 is 0. The number of hydrogen-bond donors (Lipinski definition) is 4. The van der Waals surface area contributed by atoms with Crippen molar-refractivity contribution >= 4 is 23.8 Å². The standard InChI is InChI=1S/C30H44N8O7/c39-27(33-9-10-38(19-25-5-1-3-7-31-25)20-26-6-2-4-8-32-26)21-34-11-13-35(22-28(40)41)15-17-37(24-30(44)45)18-16-36(14-12-34)23-29(42)43/h1-8H,9-24H2,(H,33,39)(H,40,41)(H,42,43)(H,44,45). The molecular weight excluding hydrogens is 584 g/mol. The molecular formula is C30H44N8O7. The summed E-state index contributed by atoms with van der Waals surface area (Å²) < 4.78 is 0. The molecule has 0 spiro atoms. The molecule has 3 heterocycles. The van der Waals surface area contributed by atoms with Crippen LogP contribution in [0.1, 0.15) is 11.4 Å². The van der Waals surface area contributed by atoms with Gasteiger partial charge in [0, 0.05) is 90.9 Å². The van der Waals surface area contributed by atoms with Crippen LogP contribution in [0.25, 0.3) is 0 Å². The molecule has 0 aliphatic carbocycles. The summed E-state index contributed by atoms with van der Waals surface area (Å²) in [5, 5.41) is 31.1. The Kier molecular flexibility index (Phi) is 15.3. The fourth-order valence-electron chi connectivity index (χ4n) is 5.05. The van der Waals surface area contributed by atoms with E-state index in [1.165, 1.54) is 0 Å². The molecule has 0 saturated carbocycles. The van der Waals surface area contributed by atoms with E-state index in [1.807, 2.05) is 41.3 Å². The van der Waals surface area contributed by atoms with E-state index in [0.29, 0.717) is 78.5 Å². The fraction of sp³-hybridized carbons (Fsp3) is 0.533. The largest absolute Gasteiger partial charge is 0.480 e. The predicted molar refractivity (Wildman–Crippen MR) is 164 cm³/mol. The molecule has 0 aromatic carbocycles. The Morgan fingerprint density at radius 3 is 1.33 bits per heavy atom. The molecule has 15 nitrogen and oxygen atoms in total. The normalized spacial score (nSPS) is 16.5. The first-order valence-corrected chi connectivity index (χ1v) is 15.0. The second-order valence-electron chi connectivity index (χ2n) is 11.0. The van der Waals surface area contributed by atoms with Crippen molar-refractivity contribution in [1.82, 2.24) is 39.8 Å². The smallest absolute Gasteiger partial charge is 0.317 e. The molecule has 0 bridgehead atoms. The lowest BCUT2D eigenvalue weighted by atomic mass is 10.3. The second-order valence-corrected chi connectivity index (χ2v) is 11.0. The Morgan fingerprint density at radius 1 is 0.622 bits per heavy atom. The van der Waals surface area contributed by atoms with Crippen LogP contribution in [0.4, 0.5) is 0 Å². The Balaban J connectivity index is 1.61. The Labute approximate surface area is 263 Å². The van der Waals surface area contributed by atoms with E-state index < -0.39 is 17.9 Å². The van der Waals surface area contributed by atoms with E-state index in [0.717, 1.165) is 11.4 Å². The van der Waals surface area contributed by atoms with Gasteiger partial charge in [0.05, 0.1) is 37.6 Å². The summed E-state index contributed by atoms with van der Waals surface area (Å²) in [4.78, 5) is 65.5. The van der Waals surface area contributed by atoms with Gasteiger partial charge in [0.25, 0.3) is 0 Å². The molecule has 0 atom stereocenters. The van der Waals surface area contributed by atoms with E-state index in [1.54, 1.807) is 27.1 Å². The number of carboxylic acid groups (broad SMARTS) is 3. The molecule has 15 heteroatoms. The number of aliphatic carboxylic acids is 3. The molecule has 0 radical (unpaired) electrons. The van der Waals surface area contributed by atoms with Crippen molar-refractivity contribution < 1.29 is 34.5 Å². The van der Waals surface area contributed by atoms with Crippen molar-refractivity contribution in [3.63, 3.8) is 0 Å². The lowest BCUT2D eigenvalue weighted by Crippen LogP contribution is -2.50. The Hall–Kier alpha value is -4.02. The van der Waals surface area contributed by atoms with E-state index >= 15 is 0 Å². The van der Waals surface area contributed by atoms with Gasteiger partial charge in [-0.3, -0.25) is 53.6 Å². The number of amides is 1. The first-order chi connectivity index (χ1) is 21.7. The molecule has 1 fully saturated rings. The molecule has 45 heavy (non-hydrogen) atoms. The van der Waals surface area contributed by atoms with Crippen LogP contribution in [-0.2, 0) is 32.3 Å². The summed E-state index contributed by atoms with van der Waals surface area (Å²) in [6.07, 6.45) is 3.49. The zero-order valence-corrected chi connectivity index (χ0v) is 25.5. The van der Waals surface area contributed by atoms with Crippen molar-refractivity contribution in [3.8, 4) is 0 Å². The van der Waals surface area contributed by atoms with Crippen molar-refractivity contribution in [3.05, 3.63) is 60.2 Å². The number of pyridine rings is 2. The van der Waals surface area contributed by atoms with E-state index in [-0.39, 0.29) is 32.1 Å². The van der Waals surface area contributed by atoms with Gasteiger partial charge in [0.2, 0.25) is 5.91 Å². The highest BCUT2D eigenvalue weighted by molar-refractivity contribution is 5.78. The lowest BCUT2D eigenvalue weighted by molar-refractivity contribution is -0.140. The minimum atomic E-state index is -1.01. The minimum absolute atomic E-state index is 0.0629. The Morgan fingerprint density at radius 2 is 1.00 bits per heavy atom. The van der Waals surface area contributed by atoms with Gasteiger partial charge in [-0.05, 0) is 24.3 Å². The molecule has 2 aromatic rings. The lowest BCUT2D eigenvalue weighted by Gasteiger charge is -2.32. The van der Waals surface area contributed by atoms with Gasteiger partial charge >= 0.3 is 17.9 Å². The third-order valence-electron chi connectivity index (χ3n) is 7.35. The molecule has 4 N–H and O–H groups in total. The van der Waals surface area contributed by atoms with Gasteiger partial charge in [-0.2, -0.15) is 0 Å². The zero-order chi connectivity index (χ0) is 32.4. The predicted octanol–water partition coefficient (Wildman–Crippen LogP) is -0.930. The van der Waals surface area contributed by atoms with Crippen LogP contribution in [0.15, 0.2) is 48.8 Å². The number of rotatable bonds is 15. The van der Waals surface area contributed by atoms with Crippen molar-refractivity contribution in [1.29, 1.82) is 0 Å². The van der Waals surface area contributed by atoms with Crippen molar-refractivity contribution in [2.75, 3.05) is 91.6 Å². The maximum Gasteiger partial charge on any atom is 0.317 e. The third kappa shape index (κ3) is 15.0. The van der Waals surface area contributed by atoms with Crippen LogP contribution >= 0.6 is 0 Å². The molecule has 0 unspecified atom stereocenters. The first kappa shape index (κ1) is 35.5. The molecule has 246 valence electrons. The monoisotopic (exact) mass is 628 g/mol. The van der Waals surface area contributed by atoms with Crippen LogP contribution < -0.4 is 5.32 Å². The average molecular weight is 629 g/mol. The molecule has 3 rings (SSSR count). The number of carbonyl (C=O) groups is 4. The quantitative estimate of drug-likeness (QED) is 0.190. The van der Waals surface area contributed by atoms with E-state index in [9.17, 15) is 34.5 Å². The highest BCUT2D eigenvalue weighted by Crippen LogP contribution is 2.07. The summed E-state index contributed by atoms with van der Waals surface area (Å²) in [5.74, 6) is -3.19. The molecule has 1 amide bonds. The number of nitrogens with zero attached hydrogens (tertiary/aromatic N) is 7. The van der Waals surface area contributed by atoms with Crippen LogP contribution in [0.3, 0.4) is 0 Å². The fourth-order valence-corrected chi connectivity index (χ4v) is 5.05. The van der Waals surface area contributed by atoms with Gasteiger partial charge in [0.1, 0.15) is 0 Å². The maximum absolute atomic E-state index is 13.1. The summed E-state index contributed by atoms with van der Waals surface area (Å²) in [6.45, 7) is 4.26. The summed E-state index contributed by atoms with van der Waals surface area (Å²) in [7, 11) is 0. The zero-order valence-electron chi connectivity index (χ0n) is 25.5. The topological polar surface area (TPSA) is 183 Å². The SMILES string of the molecule is O=C(O)CN1CCN(CC(=O)O)CCN(CC(=O)NCCN(Cc2ccccn2)Cc2ccccn2)CCN(CC(=O)O)CC1. The number of carboxylic acids is 3. The summed E-state index contributed by atoms with van der Waals surface area (Å²) in [5.41, 5.74) is 1.81. The maximum atomic E-state index is 13.1.